The van der Waals surface area contributed by atoms with Crippen LogP contribution in [0, 0.1) is 0 Å². The molecule has 0 heterocycles. The molecule has 0 bridgehead atoms. The molecule has 0 aliphatic heterocycles. The number of nitrogens with one attached hydrogen (secondary N) is 1. The number of nitrogens with two attached hydrogens (primary N) is 3. The van der Waals surface area contributed by atoms with E-state index in [4.69, 9.17) is 28.8 Å². The summed E-state index contributed by atoms with van der Waals surface area (Å²) in [5.74, 6) is -2.53. The van der Waals surface area contributed by atoms with Crippen molar-refractivity contribution >= 4 is 35.0 Å². The summed E-state index contributed by atoms with van der Waals surface area (Å²) >= 11 is 5.30. The van der Waals surface area contributed by atoms with E-state index in [1.807, 2.05) is 0 Å². The second kappa shape index (κ2) is 9.29. The van der Waals surface area contributed by atoms with E-state index in [0.717, 1.165) is 0 Å². The molecule has 0 aromatic heterocycles. The first-order chi connectivity index (χ1) is 8.92. The molecule has 1 unspecified atom stereocenters. The van der Waals surface area contributed by atoms with Gasteiger partial charge in [0.2, 0.25) is 17.5 Å². The highest BCUT2D eigenvalue weighted by atomic mass is 35.5. The van der Waals surface area contributed by atoms with Crippen molar-refractivity contribution in [2.75, 3.05) is 19.0 Å². The molecule has 0 fully saturated rings. The SMILES string of the molecule is NCC(=O)NC(CCCN=C(N)N)C(=O)C(=O)CCl. The number of aliphatic imine (C=N–C) groups is 1. The summed E-state index contributed by atoms with van der Waals surface area (Å²) in [6.45, 7) is 0.0203. The molecule has 0 rings (SSSR count). The van der Waals surface area contributed by atoms with Gasteiger partial charge < -0.3 is 22.5 Å². The number of Topliss-reactive ketones (excluding diaryl/α,β-unsaturated/α-hetero) is 2. The van der Waals surface area contributed by atoms with E-state index in [9.17, 15) is 14.4 Å². The molecule has 7 N–H and O–H groups in total. The lowest BCUT2D eigenvalue weighted by molar-refractivity contribution is -0.137. The monoisotopic (exact) mass is 291 g/mol. The highest BCUT2D eigenvalue weighted by molar-refractivity contribution is 6.48. The largest absolute Gasteiger partial charge is 0.370 e. The number of hydrogen-bond donors (Lipinski definition) is 4. The molecule has 0 radical (unpaired) electrons. The van der Waals surface area contributed by atoms with Crippen LogP contribution in [0.1, 0.15) is 12.8 Å². The van der Waals surface area contributed by atoms with Gasteiger partial charge in [0.05, 0.1) is 18.5 Å². The predicted octanol–water partition coefficient (Wildman–Crippen LogP) is -2.14. The van der Waals surface area contributed by atoms with E-state index in [1.165, 1.54) is 0 Å². The molecule has 0 aliphatic carbocycles. The third-order valence-electron chi connectivity index (χ3n) is 2.18. The number of hydrogen-bond acceptors (Lipinski definition) is 5. The summed E-state index contributed by atoms with van der Waals surface area (Å²) in [4.78, 5) is 37.8. The third kappa shape index (κ3) is 7.37. The van der Waals surface area contributed by atoms with E-state index in [0.29, 0.717) is 13.0 Å². The van der Waals surface area contributed by atoms with Gasteiger partial charge in [-0.2, -0.15) is 0 Å². The number of alkyl halides is 1. The van der Waals surface area contributed by atoms with E-state index in [1.54, 1.807) is 0 Å². The minimum absolute atomic E-state index is 0.0642. The van der Waals surface area contributed by atoms with Crippen LogP contribution in [-0.4, -0.2) is 48.4 Å². The second-order valence-electron chi connectivity index (χ2n) is 3.69. The maximum absolute atomic E-state index is 11.7. The molecule has 19 heavy (non-hydrogen) atoms. The zero-order chi connectivity index (χ0) is 14.8. The van der Waals surface area contributed by atoms with Crippen LogP contribution < -0.4 is 22.5 Å². The second-order valence-corrected chi connectivity index (χ2v) is 3.96. The van der Waals surface area contributed by atoms with E-state index >= 15 is 0 Å². The normalized spacial score (nSPS) is 11.5. The van der Waals surface area contributed by atoms with E-state index in [-0.39, 0.29) is 18.9 Å². The van der Waals surface area contributed by atoms with Crippen LogP contribution >= 0.6 is 11.6 Å². The van der Waals surface area contributed by atoms with Crippen molar-refractivity contribution in [2.45, 2.75) is 18.9 Å². The van der Waals surface area contributed by atoms with Gasteiger partial charge in [0.15, 0.2) is 5.96 Å². The summed E-state index contributed by atoms with van der Waals surface area (Å²) < 4.78 is 0. The molecule has 8 nitrogen and oxygen atoms in total. The molecule has 108 valence electrons. The first kappa shape index (κ1) is 17.3. The van der Waals surface area contributed by atoms with Gasteiger partial charge in [-0.25, -0.2) is 0 Å². The van der Waals surface area contributed by atoms with Crippen molar-refractivity contribution in [2.24, 2.45) is 22.2 Å². The molecule has 9 heteroatoms. The first-order valence-corrected chi connectivity index (χ1v) is 6.13. The Balaban J connectivity index is 4.50. The summed E-state index contributed by atoms with van der Waals surface area (Å²) in [5, 5.41) is 2.37. The maximum atomic E-state index is 11.7. The fraction of sp³-hybridized carbons (Fsp3) is 0.600. The fourth-order valence-corrected chi connectivity index (χ4v) is 1.42. The molecule has 1 amide bonds. The molecular weight excluding hydrogens is 274 g/mol. The quantitative estimate of drug-likeness (QED) is 0.125. The van der Waals surface area contributed by atoms with Crippen LogP contribution in [0.15, 0.2) is 4.99 Å². The number of nitrogens with zero attached hydrogens (tertiary/aromatic N) is 1. The van der Waals surface area contributed by atoms with E-state index < -0.39 is 29.4 Å². The van der Waals surface area contributed by atoms with Gasteiger partial charge in [-0.3, -0.25) is 19.4 Å². The average molecular weight is 292 g/mol. The topological polar surface area (TPSA) is 154 Å². The predicted molar refractivity (Wildman–Crippen MR) is 71.6 cm³/mol. The molecule has 0 spiro atoms. The molecule has 0 saturated carbocycles. The zero-order valence-electron chi connectivity index (χ0n) is 10.4. The van der Waals surface area contributed by atoms with E-state index in [2.05, 4.69) is 10.3 Å². The highest BCUT2D eigenvalue weighted by Gasteiger charge is 2.25. The number of carbonyl (C=O) groups excluding carboxylic acids is 3. The third-order valence-corrected chi connectivity index (χ3v) is 2.42. The smallest absolute Gasteiger partial charge is 0.234 e. The number of ketones is 2. The molecule has 0 aromatic rings. The molecule has 1 atom stereocenters. The van der Waals surface area contributed by atoms with Gasteiger partial charge in [-0.15, -0.1) is 11.6 Å². The summed E-state index contributed by atoms with van der Waals surface area (Å²) in [7, 11) is 0. The minimum atomic E-state index is -0.948. The van der Waals surface area contributed by atoms with Crippen LogP contribution in [0.4, 0.5) is 0 Å². The summed E-state index contributed by atoms with van der Waals surface area (Å²) in [6, 6.07) is -0.948. The number of halogens is 1. The minimum Gasteiger partial charge on any atom is -0.370 e. The average Bonchev–Trinajstić information content (AvgIpc) is 2.39. The van der Waals surface area contributed by atoms with Gasteiger partial charge in [0, 0.05) is 6.54 Å². The van der Waals surface area contributed by atoms with Crippen molar-refractivity contribution in [3.63, 3.8) is 0 Å². The number of rotatable bonds is 9. The number of amides is 1. The van der Waals surface area contributed by atoms with Crippen LogP contribution in [0.3, 0.4) is 0 Å². The van der Waals surface area contributed by atoms with Crippen LogP contribution in [0.2, 0.25) is 0 Å². The lowest BCUT2D eigenvalue weighted by Gasteiger charge is -2.15. The Morgan fingerprint density at radius 1 is 1.26 bits per heavy atom. The Hall–Kier alpha value is -1.67. The number of carbonyl (C=O) groups is 3. The van der Waals surface area contributed by atoms with Gasteiger partial charge >= 0.3 is 0 Å². The first-order valence-electron chi connectivity index (χ1n) is 5.60. The zero-order valence-corrected chi connectivity index (χ0v) is 11.2. The lowest BCUT2D eigenvalue weighted by atomic mass is 10.0. The Bertz CT molecular complexity index is 368. The van der Waals surface area contributed by atoms with Gasteiger partial charge in [0.1, 0.15) is 0 Å². The Morgan fingerprint density at radius 2 is 1.89 bits per heavy atom. The van der Waals surface area contributed by atoms with Gasteiger partial charge in [-0.1, -0.05) is 0 Å². The Labute approximate surface area is 115 Å². The molecule has 0 aliphatic rings. The molecular formula is C10H18ClN5O3. The van der Waals surface area contributed by atoms with Crippen molar-refractivity contribution < 1.29 is 14.4 Å². The fourth-order valence-electron chi connectivity index (χ4n) is 1.29. The number of guanidine groups is 1. The van der Waals surface area contributed by atoms with Gasteiger partial charge in [-0.05, 0) is 12.8 Å². The Kier molecular flexibility index (Phi) is 8.47. The van der Waals surface area contributed by atoms with Crippen molar-refractivity contribution in [1.82, 2.24) is 5.32 Å². The van der Waals surface area contributed by atoms with Crippen LogP contribution in [-0.2, 0) is 14.4 Å². The maximum Gasteiger partial charge on any atom is 0.234 e. The highest BCUT2D eigenvalue weighted by Crippen LogP contribution is 2.01. The van der Waals surface area contributed by atoms with Crippen molar-refractivity contribution in [3.05, 3.63) is 0 Å². The van der Waals surface area contributed by atoms with Crippen LogP contribution in [0.5, 0.6) is 0 Å². The molecule has 0 saturated heterocycles. The van der Waals surface area contributed by atoms with Crippen molar-refractivity contribution in [3.8, 4) is 0 Å². The standard InChI is InChI=1S/C10H18ClN5O3/c11-4-7(17)9(19)6(16-8(18)5-12)2-1-3-15-10(13)14/h6H,1-5,12H2,(H,16,18)(H4,13,14,15). The van der Waals surface area contributed by atoms with Crippen molar-refractivity contribution in [1.29, 1.82) is 0 Å². The Morgan fingerprint density at radius 3 is 2.37 bits per heavy atom. The lowest BCUT2D eigenvalue weighted by Crippen LogP contribution is -2.46. The summed E-state index contributed by atoms with van der Waals surface area (Å²) in [6.07, 6.45) is 0.651. The summed E-state index contributed by atoms with van der Waals surface area (Å²) in [5.41, 5.74) is 15.4. The molecule has 0 aromatic carbocycles. The van der Waals surface area contributed by atoms with Crippen LogP contribution in [0.25, 0.3) is 0 Å². The van der Waals surface area contributed by atoms with Gasteiger partial charge in [0.25, 0.3) is 0 Å².